The Morgan fingerprint density at radius 1 is 1.23 bits per heavy atom. The second-order valence-corrected chi connectivity index (χ2v) is 9.27. The van der Waals surface area contributed by atoms with Gasteiger partial charge in [-0.3, -0.25) is 14.7 Å². The summed E-state index contributed by atoms with van der Waals surface area (Å²) in [6.07, 6.45) is 3.94. The van der Waals surface area contributed by atoms with Gasteiger partial charge in [0.1, 0.15) is 11.5 Å². The van der Waals surface area contributed by atoms with E-state index in [4.69, 9.17) is 9.47 Å². The van der Waals surface area contributed by atoms with Crippen molar-refractivity contribution in [2.75, 3.05) is 27.3 Å². The molecule has 0 saturated carbocycles. The van der Waals surface area contributed by atoms with Crippen LogP contribution in [0, 0.1) is 11.3 Å². The second kappa shape index (κ2) is 10.1. The molecule has 1 aliphatic rings. The Morgan fingerprint density at radius 3 is 2.68 bits per heavy atom. The van der Waals surface area contributed by atoms with Gasteiger partial charge < -0.3 is 14.8 Å². The van der Waals surface area contributed by atoms with E-state index in [0.29, 0.717) is 5.92 Å². The summed E-state index contributed by atoms with van der Waals surface area (Å²) in [5.41, 5.74) is 1.61. The maximum absolute atomic E-state index is 12.8. The first-order valence-corrected chi connectivity index (χ1v) is 11.0. The molecule has 6 heteroatoms. The van der Waals surface area contributed by atoms with Crippen LogP contribution in [0.15, 0.2) is 42.6 Å². The minimum atomic E-state index is -0.447. The molecule has 0 aliphatic carbocycles. The number of nitrogens with zero attached hydrogens (tertiary/aromatic N) is 2. The number of nitrogens with one attached hydrogen (secondary N) is 1. The number of benzene rings is 1. The summed E-state index contributed by atoms with van der Waals surface area (Å²) in [6.45, 7) is 8.54. The SMILES string of the molecule is COc1ccc(CN2CCCC(C(NC(=O)C(C)(C)C)c3ccccn3)C2)c(OC)c1. The fraction of sp³-hybridized carbons (Fsp3) is 0.520. The zero-order valence-corrected chi connectivity index (χ0v) is 19.4. The quantitative estimate of drug-likeness (QED) is 0.720. The van der Waals surface area contributed by atoms with E-state index in [-0.39, 0.29) is 11.9 Å². The fourth-order valence-corrected chi connectivity index (χ4v) is 4.08. The number of ether oxygens (including phenoxy) is 2. The number of methoxy groups -OCH3 is 2. The van der Waals surface area contributed by atoms with Crippen LogP contribution < -0.4 is 14.8 Å². The second-order valence-electron chi connectivity index (χ2n) is 9.27. The number of hydrogen-bond donors (Lipinski definition) is 1. The van der Waals surface area contributed by atoms with Crippen LogP contribution in [0.5, 0.6) is 11.5 Å². The number of carbonyl (C=O) groups excluding carboxylic acids is 1. The van der Waals surface area contributed by atoms with Crippen molar-refractivity contribution in [3.05, 3.63) is 53.9 Å². The topological polar surface area (TPSA) is 63.7 Å². The Morgan fingerprint density at radius 2 is 2.03 bits per heavy atom. The van der Waals surface area contributed by atoms with E-state index in [0.717, 1.165) is 55.2 Å². The number of rotatable bonds is 7. The van der Waals surface area contributed by atoms with Crippen LogP contribution in [-0.4, -0.2) is 43.1 Å². The molecular weight excluding hydrogens is 390 g/mol. The van der Waals surface area contributed by atoms with Gasteiger partial charge in [-0.2, -0.15) is 0 Å². The van der Waals surface area contributed by atoms with Crippen molar-refractivity contribution in [1.29, 1.82) is 0 Å². The smallest absolute Gasteiger partial charge is 0.225 e. The largest absolute Gasteiger partial charge is 0.497 e. The molecule has 1 amide bonds. The number of hydrogen-bond acceptors (Lipinski definition) is 5. The molecule has 0 bridgehead atoms. The lowest BCUT2D eigenvalue weighted by molar-refractivity contribution is -0.130. The first-order chi connectivity index (χ1) is 14.8. The normalized spacial score (nSPS) is 18.3. The number of pyridine rings is 1. The van der Waals surface area contributed by atoms with Gasteiger partial charge in [0.25, 0.3) is 0 Å². The Kier molecular flexibility index (Phi) is 7.55. The predicted octanol–water partition coefficient (Wildman–Crippen LogP) is 4.21. The zero-order valence-electron chi connectivity index (χ0n) is 19.4. The number of carbonyl (C=O) groups is 1. The molecule has 6 nitrogen and oxygen atoms in total. The molecule has 168 valence electrons. The third-order valence-electron chi connectivity index (χ3n) is 5.88. The van der Waals surface area contributed by atoms with Crippen molar-refractivity contribution in [1.82, 2.24) is 15.2 Å². The van der Waals surface area contributed by atoms with Gasteiger partial charge in [0, 0.05) is 36.3 Å². The van der Waals surface area contributed by atoms with Crippen molar-refractivity contribution in [3.8, 4) is 11.5 Å². The number of piperidine rings is 1. The summed E-state index contributed by atoms with van der Waals surface area (Å²) in [5, 5.41) is 3.30. The summed E-state index contributed by atoms with van der Waals surface area (Å²) in [5.74, 6) is 1.97. The highest BCUT2D eigenvalue weighted by Gasteiger charge is 2.33. The fourth-order valence-electron chi connectivity index (χ4n) is 4.08. The van der Waals surface area contributed by atoms with E-state index >= 15 is 0 Å². The molecule has 31 heavy (non-hydrogen) atoms. The van der Waals surface area contributed by atoms with Crippen LogP contribution in [0.3, 0.4) is 0 Å². The van der Waals surface area contributed by atoms with Gasteiger partial charge >= 0.3 is 0 Å². The van der Waals surface area contributed by atoms with Crippen molar-refractivity contribution in [3.63, 3.8) is 0 Å². The van der Waals surface area contributed by atoms with Crippen molar-refractivity contribution < 1.29 is 14.3 Å². The molecular formula is C25H35N3O3. The van der Waals surface area contributed by atoms with E-state index in [1.54, 1.807) is 20.4 Å². The number of aromatic nitrogens is 1. The molecule has 1 aromatic heterocycles. The lowest BCUT2D eigenvalue weighted by Crippen LogP contribution is -2.45. The maximum Gasteiger partial charge on any atom is 0.225 e. The Balaban J connectivity index is 1.78. The third-order valence-corrected chi connectivity index (χ3v) is 5.88. The van der Waals surface area contributed by atoms with Gasteiger partial charge in [0.15, 0.2) is 0 Å². The number of likely N-dealkylation sites (tertiary alicyclic amines) is 1. The predicted molar refractivity (Wildman–Crippen MR) is 122 cm³/mol. The van der Waals surface area contributed by atoms with Crippen molar-refractivity contribution in [2.45, 2.75) is 46.2 Å². The van der Waals surface area contributed by atoms with E-state index in [1.807, 2.05) is 51.1 Å². The number of amides is 1. The summed E-state index contributed by atoms with van der Waals surface area (Å²) in [4.78, 5) is 19.8. The van der Waals surface area contributed by atoms with Crippen LogP contribution in [0.4, 0.5) is 0 Å². The summed E-state index contributed by atoms with van der Waals surface area (Å²) < 4.78 is 10.9. The average Bonchev–Trinajstić information content (AvgIpc) is 2.77. The molecule has 2 unspecified atom stereocenters. The zero-order chi connectivity index (χ0) is 22.4. The molecule has 1 aromatic carbocycles. The van der Waals surface area contributed by atoms with Gasteiger partial charge in [0.2, 0.25) is 5.91 Å². The third kappa shape index (κ3) is 5.97. The summed E-state index contributed by atoms with van der Waals surface area (Å²) >= 11 is 0. The molecule has 1 N–H and O–H groups in total. The van der Waals surface area contributed by atoms with Gasteiger partial charge in [-0.25, -0.2) is 0 Å². The van der Waals surface area contributed by atoms with Crippen LogP contribution in [0.25, 0.3) is 0 Å². The molecule has 2 atom stereocenters. The van der Waals surface area contributed by atoms with Crippen LogP contribution in [0.1, 0.15) is 50.9 Å². The Bertz CT molecular complexity index is 864. The maximum atomic E-state index is 12.8. The standard InChI is InChI=1S/C25H35N3O3/c1-25(2,3)24(29)27-23(21-10-6-7-13-26-21)19-9-8-14-28(17-19)16-18-11-12-20(30-4)15-22(18)31-5/h6-7,10-13,15,19,23H,8-9,14,16-17H2,1-5H3,(H,27,29). The highest BCUT2D eigenvalue weighted by atomic mass is 16.5. The molecule has 1 aliphatic heterocycles. The highest BCUT2D eigenvalue weighted by Crippen LogP contribution is 2.32. The molecule has 1 saturated heterocycles. The average molecular weight is 426 g/mol. The van der Waals surface area contributed by atoms with Crippen LogP contribution in [0.2, 0.25) is 0 Å². The van der Waals surface area contributed by atoms with Gasteiger partial charge in [0.05, 0.1) is 26.0 Å². The van der Waals surface area contributed by atoms with E-state index < -0.39 is 5.41 Å². The first-order valence-electron chi connectivity index (χ1n) is 11.0. The Hall–Kier alpha value is -2.60. The molecule has 0 radical (unpaired) electrons. The summed E-state index contributed by atoms with van der Waals surface area (Å²) in [6, 6.07) is 11.8. The first kappa shape index (κ1) is 23.1. The molecule has 1 fully saturated rings. The molecule has 0 spiro atoms. The van der Waals surface area contributed by atoms with Gasteiger partial charge in [-0.05, 0) is 43.5 Å². The van der Waals surface area contributed by atoms with Gasteiger partial charge in [-0.1, -0.05) is 32.9 Å². The lowest BCUT2D eigenvalue weighted by Gasteiger charge is -2.38. The van der Waals surface area contributed by atoms with Crippen LogP contribution >= 0.6 is 0 Å². The minimum Gasteiger partial charge on any atom is -0.497 e. The molecule has 2 aromatic rings. The van der Waals surface area contributed by atoms with E-state index in [1.165, 1.54) is 0 Å². The Labute approximate surface area is 186 Å². The van der Waals surface area contributed by atoms with E-state index in [2.05, 4.69) is 21.3 Å². The highest BCUT2D eigenvalue weighted by molar-refractivity contribution is 5.81. The molecule has 3 rings (SSSR count). The summed E-state index contributed by atoms with van der Waals surface area (Å²) in [7, 11) is 3.35. The van der Waals surface area contributed by atoms with Gasteiger partial charge in [-0.15, -0.1) is 0 Å². The monoisotopic (exact) mass is 425 g/mol. The minimum absolute atomic E-state index is 0.0529. The van der Waals surface area contributed by atoms with Crippen LogP contribution in [-0.2, 0) is 11.3 Å². The van der Waals surface area contributed by atoms with Crippen molar-refractivity contribution >= 4 is 5.91 Å². The molecule has 2 heterocycles. The van der Waals surface area contributed by atoms with E-state index in [9.17, 15) is 4.79 Å². The lowest BCUT2D eigenvalue weighted by atomic mass is 9.86. The van der Waals surface area contributed by atoms with Crippen molar-refractivity contribution in [2.24, 2.45) is 11.3 Å².